The van der Waals surface area contributed by atoms with Crippen molar-refractivity contribution >= 4 is 33.2 Å². The van der Waals surface area contributed by atoms with Gasteiger partial charge in [-0.3, -0.25) is 14.0 Å². The van der Waals surface area contributed by atoms with E-state index in [2.05, 4.69) is 22.3 Å². The van der Waals surface area contributed by atoms with Crippen LogP contribution in [0.4, 0.5) is 5.69 Å². The van der Waals surface area contributed by atoms with Gasteiger partial charge in [-0.1, -0.05) is 35.9 Å². The standard InChI is InChI=1S/C21H26ClN3O4S/c1-24(30(2,27)28)18-6-7-20(22)19(13-18)21(26)23-14-16-4-3-5-17(12-16)15-25-8-10-29-11-9-25/h3-7,12-13H,8-11,14-15H2,1-2H3,(H,23,26). The molecule has 1 aliphatic heterocycles. The van der Waals surface area contributed by atoms with Gasteiger partial charge in [-0.25, -0.2) is 8.42 Å². The Morgan fingerprint density at radius 2 is 1.87 bits per heavy atom. The van der Waals surface area contributed by atoms with Crippen molar-refractivity contribution in [3.05, 3.63) is 64.2 Å². The molecule has 1 aliphatic rings. The van der Waals surface area contributed by atoms with Gasteiger partial charge in [0, 0.05) is 33.2 Å². The van der Waals surface area contributed by atoms with Gasteiger partial charge in [-0.2, -0.15) is 0 Å². The molecule has 7 nitrogen and oxygen atoms in total. The van der Waals surface area contributed by atoms with Gasteiger partial charge in [-0.15, -0.1) is 0 Å². The summed E-state index contributed by atoms with van der Waals surface area (Å²) >= 11 is 6.18. The number of nitrogens with one attached hydrogen (secondary N) is 1. The highest BCUT2D eigenvalue weighted by molar-refractivity contribution is 7.92. The number of hydrogen-bond donors (Lipinski definition) is 1. The van der Waals surface area contributed by atoms with Gasteiger partial charge in [0.25, 0.3) is 5.91 Å². The predicted molar refractivity (Wildman–Crippen MR) is 118 cm³/mol. The van der Waals surface area contributed by atoms with Crippen molar-refractivity contribution in [2.45, 2.75) is 13.1 Å². The summed E-state index contributed by atoms with van der Waals surface area (Å²) in [5.74, 6) is -0.359. The van der Waals surface area contributed by atoms with Crippen molar-refractivity contribution in [3.8, 4) is 0 Å². The van der Waals surface area contributed by atoms with Crippen LogP contribution in [0.3, 0.4) is 0 Å². The van der Waals surface area contributed by atoms with Crippen LogP contribution in [0.15, 0.2) is 42.5 Å². The Hall–Kier alpha value is -2.13. The Balaban J connectivity index is 1.66. The molecule has 2 aromatic carbocycles. The maximum absolute atomic E-state index is 12.7. The summed E-state index contributed by atoms with van der Waals surface area (Å²) in [5, 5.41) is 3.13. The number of carbonyl (C=O) groups excluding carboxylic acids is 1. The molecular formula is C21H26ClN3O4S. The number of halogens is 1. The van der Waals surface area contributed by atoms with E-state index in [4.69, 9.17) is 16.3 Å². The number of sulfonamides is 1. The molecule has 2 aromatic rings. The minimum absolute atomic E-state index is 0.231. The number of anilines is 1. The normalized spacial score (nSPS) is 15.0. The van der Waals surface area contributed by atoms with Crippen LogP contribution in [0.2, 0.25) is 5.02 Å². The highest BCUT2D eigenvalue weighted by atomic mass is 35.5. The fourth-order valence-corrected chi connectivity index (χ4v) is 3.91. The van der Waals surface area contributed by atoms with Crippen molar-refractivity contribution in [3.63, 3.8) is 0 Å². The van der Waals surface area contributed by atoms with E-state index in [-0.39, 0.29) is 16.5 Å². The molecule has 0 spiro atoms. The fourth-order valence-electron chi connectivity index (χ4n) is 3.21. The van der Waals surface area contributed by atoms with Crippen molar-refractivity contribution < 1.29 is 17.9 Å². The topological polar surface area (TPSA) is 79.0 Å². The maximum atomic E-state index is 12.7. The van der Waals surface area contributed by atoms with Crippen LogP contribution in [-0.2, 0) is 27.8 Å². The number of ether oxygens (including phenoxy) is 1. The summed E-state index contributed by atoms with van der Waals surface area (Å²) in [6, 6.07) is 12.6. The first-order valence-corrected chi connectivity index (χ1v) is 11.9. The molecule has 3 rings (SSSR count). The molecule has 162 valence electrons. The molecule has 0 radical (unpaired) electrons. The van der Waals surface area contributed by atoms with Gasteiger partial charge >= 0.3 is 0 Å². The Labute approximate surface area is 182 Å². The van der Waals surface area contributed by atoms with Gasteiger partial charge in [0.2, 0.25) is 10.0 Å². The summed E-state index contributed by atoms with van der Waals surface area (Å²) < 4.78 is 30.0. The van der Waals surface area contributed by atoms with E-state index in [1.807, 2.05) is 12.1 Å². The molecule has 30 heavy (non-hydrogen) atoms. The first-order chi connectivity index (χ1) is 14.2. The Morgan fingerprint density at radius 3 is 2.57 bits per heavy atom. The molecule has 0 saturated carbocycles. The molecule has 1 fully saturated rings. The molecular weight excluding hydrogens is 426 g/mol. The summed E-state index contributed by atoms with van der Waals surface area (Å²) in [7, 11) is -2.01. The summed E-state index contributed by atoms with van der Waals surface area (Å²) in [4.78, 5) is 15.0. The third-order valence-corrected chi connectivity index (χ3v) is 6.55. The van der Waals surface area contributed by atoms with Crippen LogP contribution in [0.5, 0.6) is 0 Å². The van der Waals surface area contributed by atoms with Gasteiger partial charge < -0.3 is 10.1 Å². The average molecular weight is 452 g/mol. The lowest BCUT2D eigenvalue weighted by Crippen LogP contribution is -2.35. The van der Waals surface area contributed by atoms with Crippen LogP contribution in [0.1, 0.15) is 21.5 Å². The third kappa shape index (κ3) is 5.95. The van der Waals surface area contributed by atoms with Gasteiger partial charge in [-0.05, 0) is 29.3 Å². The van der Waals surface area contributed by atoms with E-state index < -0.39 is 10.0 Å². The third-order valence-electron chi connectivity index (χ3n) is 5.01. The molecule has 1 heterocycles. The number of morpholine rings is 1. The summed E-state index contributed by atoms with van der Waals surface area (Å²) in [5.41, 5.74) is 2.77. The van der Waals surface area contributed by atoms with Gasteiger partial charge in [0.15, 0.2) is 0 Å². The minimum Gasteiger partial charge on any atom is -0.379 e. The van der Waals surface area contributed by atoms with Crippen LogP contribution < -0.4 is 9.62 Å². The van der Waals surface area contributed by atoms with Crippen LogP contribution in [0.25, 0.3) is 0 Å². The van der Waals surface area contributed by atoms with Crippen molar-refractivity contribution in [1.82, 2.24) is 10.2 Å². The summed E-state index contributed by atoms with van der Waals surface area (Å²) in [6.45, 7) is 4.53. The molecule has 0 atom stereocenters. The molecule has 1 saturated heterocycles. The maximum Gasteiger partial charge on any atom is 0.253 e. The van der Waals surface area contributed by atoms with Crippen molar-refractivity contribution in [2.75, 3.05) is 43.9 Å². The highest BCUT2D eigenvalue weighted by Crippen LogP contribution is 2.24. The Morgan fingerprint density at radius 1 is 1.17 bits per heavy atom. The monoisotopic (exact) mass is 451 g/mol. The van der Waals surface area contributed by atoms with E-state index in [0.29, 0.717) is 12.2 Å². The molecule has 9 heteroatoms. The number of amides is 1. The zero-order valence-corrected chi connectivity index (χ0v) is 18.7. The van der Waals surface area contributed by atoms with E-state index in [1.54, 1.807) is 6.07 Å². The highest BCUT2D eigenvalue weighted by Gasteiger charge is 2.17. The fraction of sp³-hybridized carbons (Fsp3) is 0.381. The lowest BCUT2D eigenvalue weighted by atomic mass is 10.1. The number of rotatable bonds is 7. The largest absolute Gasteiger partial charge is 0.379 e. The zero-order chi connectivity index (χ0) is 21.7. The van der Waals surface area contributed by atoms with E-state index in [1.165, 1.54) is 24.7 Å². The molecule has 0 aliphatic carbocycles. The average Bonchev–Trinajstić information content (AvgIpc) is 2.72. The van der Waals surface area contributed by atoms with Crippen molar-refractivity contribution in [2.24, 2.45) is 0 Å². The number of carbonyl (C=O) groups is 1. The van der Waals surface area contributed by atoms with Crippen LogP contribution >= 0.6 is 11.6 Å². The first-order valence-electron chi connectivity index (χ1n) is 9.63. The smallest absolute Gasteiger partial charge is 0.253 e. The molecule has 1 amide bonds. The Bertz CT molecular complexity index is 1010. The predicted octanol–water partition coefficient (Wildman–Crippen LogP) is 2.50. The second kappa shape index (κ2) is 9.78. The Kier molecular flexibility index (Phi) is 7.36. The zero-order valence-electron chi connectivity index (χ0n) is 17.1. The van der Waals surface area contributed by atoms with Crippen molar-refractivity contribution in [1.29, 1.82) is 0 Å². The van der Waals surface area contributed by atoms with E-state index in [0.717, 1.165) is 49.0 Å². The molecule has 0 unspecified atom stereocenters. The van der Waals surface area contributed by atoms with Gasteiger partial charge in [0.05, 0.1) is 35.7 Å². The van der Waals surface area contributed by atoms with Gasteiger partial charge in [0.1, 0.15) is 0 Å². The lowest BCUT2D eigenvalue weighted by molar-refractivity contribution is 0.0342. The molecule has 0 bridgehead atoms. The van der Waals surface area contributed by atoms with E-state index in [9.17, 15) is 13.2 Å². The number of hydrogen-bond acceptors (Lipinski definition) is 5. The SMILES string of the molecule is CN(c1ccc(Cl)c(C(=O)NCc2cccc(CN3CCOCC3)c2)c1)S(C)(=O)=O. The molecule has 1 N–H and O–H groups in total. The molecule has 0 aromatic heterocycles. The first kappa shape index (κ1) is 22.6. The van der Waals surface area contributed by atoms with E-state index >= 15 is 0 Å². The van der Waals surface area contributed by atoms with Crippen LogP contribution in [0, 0.1) is 0 Å². The quantitative estimate of drug-likeness (QED) is 0.699. The summed E-state index contributed by atoms with van der Waals surface area (Å²) in [6.07, 6.45) is 1.10. The number of nitrogens with zero attached hydrogens (tertiary/aromatic N) is 2. The number of benzene rings is 2. The van der Waals surface area contributed by atoms with Crippen LogP contribution in [-0.4, -0.2) is 58.8 Å². The second-order valence-electron chi connectivity index (χ2n) is 7.29. The second-order valence-corrected chi connectivity index (χ2v) is 9.71. The minimum atomic E-state index is -3.44. The lowest BCUT2D eigenvalue weighted by Gasteiger charge is -2.26.